The second-order valence-electron chi connectivity index (χ2n) is 7.67. The maximum absolute atomic E-state index is 5.71. The molecule has 0 spiro atoms. The number of nitrogens with one attached hydrogen (secondary N) is 2. The van der Waals surface area contributed by atoms with Gasteiger partial charge < -0.3 is 19.8 Å². The van der Waals surface area contributed by atoms with Crippen LogP contribution in [0.4, 0.5) is 0 Å². The summed E-state index contributed by atoms with van der Waals surface area (Å²) in [6, 6.07) is 4.50. The van der Waals surface area contributed by atoms with Crippen molar-refractivity contribution >= 4 is 5.96 Å². The van der Waals surface area contributed by atoms with Crippen LogP contribution in [-0.4, -0.2) is 65.5 Å². The number of methoxy groups -OCH3 is 1. The second kappa shape index (κ2) is 9.41. The first-order valence-corrected chi connectivity index (χ1v) is 10.4. The van der Waals surface area contributed by atoms with Gasteiger partial charge in [0.05, 0.1) is 18.8 Å². The fraction of sp³-hybridized carbons (Fsp3) is 0.650. The first kappa shape index (κ1) is 19.9. The Kier molecular flexibility index (Phi) is 6.46. The van der Waals surface area contributed by atoms with Crippen LogP contribution in [-0.2, 0) is 24.3 Å². The third-order valence-corrected chi connectivity index (χ3v) is 5.66. The van der Waals surface area contributed by atoms with E-state index in [1.165, 1.54) is 12.8 Å². The SMILES string of the molecule is CN=C(NCC(c1ccco1)N1CCCC1)NC1CCc2nc(COC)nn2C1. The maximum atomic E-state index is 5.71. The summed E-state index contributed by atoms with van der Waals surface area (Å²) >= 11 is 0. The van der Waals surface area contributed by atoms with Gasteiger partial charge in [0, 0.05) is 33.2 Å². The molecule has 2 N–H and O–H groups in total. The number of fused-ring (bicyclic) bond motifs is 1. The van der Waals surface area contributed by atoms with E-state index in [1.54, 1.807) is 13.4 Å². The highest BCUT2D eigenvalue weighted by atomic mass is 16.5. The number of hydrogen-bond donors (Lipinski definition) is 2. The molecule has 0 radical (unpaired) electrons. The van der Waals surface area contributed by atoms with Gasteiger partial charge in [-0.1, -0.05) is 0 Å². The van der Waals surface area contributed by atoms with Gasteiger partial charge in [0.2, 0.25) is 0 Å². The standard InChI is InChI=1S/C20H31N7O2/c1-21-20(22-12-16(17-6-5-11-29-17)26-9-3-4-10-26)23-15-7-8-19-24-18(14-28-2)25-27(19)13-15/h5-6,11,15-16H,3-4,7-10,12-14H2,1-2H3,(H2,21,22,23). The van der Waals surface area contributed by atoms with E-state index in [9.17, 15) is 0 Å². The first-order valence-electron chi connectivity index (χ1n) is 10.4. The van der Waals surface area contributed by atoms with Crippen LogP contribution < -0.4 is 10.6 Å². The number of rotatable bonds is 7. The van der Waals surface area contributed by atoms with Crippen molar-refractivity contribution < 1.29 is 9.15 Å². The van der Waals surface area contributed by atoms with Crippen molar-refractivity contribution in [1.82, 2.24) is 30.3 Å². The lowest BCUT2D eigenvalue weighted by molar-refractivity contribution is 0.177. The molecule has 4 heterocycles. The van der Waals surface area contributed by atoms with Crippen molar-refractivity contribution in [2.24, 2.45) is 4.99 Å². The highest BCUT2D eigenvalue weighted by Gasteiger charge is 2.27. The van der Waals surface area contributed by atoms with Crippen molar-refractivity contribution in [2.75, 3.05) is 33.8 Å². The molecule has 4 rings (SSSR count). The highest BCUT2D eigenvalue weighted by Crippen LogP contribution is 2.24. The summed E-state index contributed by atoms with van der Waals surface area (Å²) < 4.78 is 12.8. The molecule has 9 nitrogen and oxygen atoms in total. The maximum Gasteiger partial charge on any atom is 0.191 e. The van der Waals surface area contributed by atoms with Crippen molar-refractivity contribution in [2.45, 2.75) is 50.9 Å². The third kappa shape index (κ3) is 4.79. The highest BCUT2D eigenvalue weighted by molar-refractivity contribution is 5.80. The predicted molar refractivity (Wildman–Crippen MR) is 110 cm³/mol. The molecule has 0 aliphatic carbocycles. The Bertz CT molecular complexity index is 796. The molecule has 0 saturated carbocycles. The third-order valence-electron chi connectivity index (χ3n) is 5.66. The smallest absolute Gasteiger partial charge is 0.191 e. The molecular weight excluding hydrogens is 370 g/mol. The molecule has 1 saturated heterocycles. The fourth-order valence-electron chi connectivity index (χ4n) is 4.19. The van der Waals surface area contributed by atoms with Gasteiger partial charge in [0.15, 0.2) is 11.8 Å². The molecule has 9 heteroatoms. The van der Waals surface area contributed by atoms with Crippen molar-refractivity contribution in [3.8, 4) is 0 Å². The minimum Gasteiger partial charge on any atom is -0.468 e. The molecule has 2 aromatic heterocycles. The van der Waals surface area contributed by atoms with Gasteiger partial charge in [-0.15, -0.1) is 0 Å². The van der Waals surface area contributed by atoms with E-state index in [4.69, 9.17) is 9.15 Å². The summed E-state index contributed by atoms with van der Waals surface area (Å²) in [6.45, 7) is 4.21. The number of hydrogen-bond acceptors (Lipinski definition) is 6. The molecule has 2 aliphatic heterocycles. The summed E-state index contributed by atoms with van der Waals surface area (Å²) in [5.41, 5.74) is 0. The Hall–Kier alpha value is -2.39. The van der Waals surface area contributed by atoms with Crippen LogP contribution in [0, 0.1) is 0 Å². The Morgan fingerprint density at radius 2 is 2.28 bits per heavy atom. The minimum absolute atomic E-state index is 0.218. The summed E-state index contributed by atoms with van der Waals surface area (Å²) in [7, 11) is 3.48. The number of likely N-dealkylation sites (tertiary alicyclic amines) is 1. The van der Waals surface area contributed by atoms with E-state index < -0.39 is 0 Å². The monoisotopic (exact) mass is 401 g/mol. The van der Waals surface area contributed by atoms with Gasteiger partial charge in [-0.2, -0.15) is 5.10 Å². The number of aliphatic imine (C=N–C) groups is 1. The van der Waals surface area contributed by atoms with Crippen LogP contribution in [0.15, 0.2) is 27.8 Å². The van der Waals surface area contributed by atoms with Gasteiger partial charge >= 0.3 is 0 Å². The van der Waals surface area contributed by atoms with Gasteiger partial charge in [-0.3, -0.25) is 9.89 Å². The lowest BCUT2D eigenvalue weighted by Gasteiger charge is -2.29. The largest absolute Gasteiger partial charge is 0.468 e. The number of ether oxygens (including phenoxy) is 1. The van der Waals surface area contributed by atoms with Crippen LogP contribution in [0.1, 0.15) is 42.7 Å². The summed E-state index contributed by atoms with van der Waals surface area (Å²) in [5, 5.41) is 11.6. The zero-order valence-electron chi connectivity index (χ0n) is 17.3. The number of aromatic nitrogens is 3. The van der Waals surface area contributed by atoms with Crippen molar-refractivity contribution in [3.05, 3.63) is 35.8 Å². The molecule has 0 bridgehead atoms. The van der Waals surface area contributed by atoms with Crippen LogP contribution in [0.5, 0.6) is 0 Å². The number of aryl methyl sites for hydroxylation is 1. The van der Waals surface area contributed by atoms with E-state index in [0.29, 0.717) is 6.61 Å². The lowest BCUT2D eigenvalue weighted by Crippen LogP contribution is -2.49. The average molecular weight is 402 g/mol. The summed E-state index contributed by atoms with van der Waals surface area (Å²) in [5.74, 6) is 3.60. The zero-order valence-corrected chi connectivity index (χ0v) is 17.3. The Balaban J connectivity index is 1.34. The van der Waals surface area contributed by atoms with Crippen molar-refractivity contribution in [1.29, 1.82) is 0 Å². The molecule has 0 amide bonds. The average Bonchev–Trinajstić information content (AvgIpc) is 3.49. The van der Waals surface area contributed by atoms with Crippen molar-refractivity contribution in [3.63, 3.8) is 0 Å². The molecule has 2 unspecified atom stereocenters. The molecule has 1 fully saturated rings. The van der Waals surface area contributed by atoms with E-state index >= 15 is 0 Å². The number of furan rings is 1. The Labute approximate surface area is 171 Å². The zero-order chi connectivity index (χ0) is 20.1. The van der Waals surface area contributed by atoms with Gasteiger partial charge in [-0.25, -0.2) is 9.67 Å². The summed E-state index contributed by atoms with van der Waals surface area (Å²) in [4.78, 5) is 11.5. The van der Waals surface area contributed by atoms with Crippen LogP contribution in [0.3, 0.4) is 0 Å². The Morgan fingerprint density at radius 1 is 1.41 bits per heavy atom. The number of guanidine groups is 1. The van der Waals surface area contributed by atoms with Gasteiger partial charge in [-0.05, 0) is 44.5 Å². The van der Waals surface area contributed by atoms with E-state index in [-0.39, 0.29) is 12.1 Å². The fourth-order valence-corrected chi connectivity index (χ4v) is 4.19. The molecule has 2 atom stereocenters. The minimum atomic E-state index is 0.218. The molecule has 2 aliphatic rings. The van der Waals surface area contributed by atoms with E-state index in [0.717, 1.165) is 62.4 Å². The van der Waals surface area contributed by atoms with Gasteiger partial charge in [0.1, 0.15) is 18.2 Å². The van der Waals surface area contributed by atoms with E-state index in [1.807, 2.05) is 17.8 Å². The molecule has 158 valence electrons. The molecular formula is C20H31N7O2. The molecule has 29 heavy (non-hydrogen) atoms. The topological polar surface area (TPSA) is 92.7 Å². The lowest BCUT2D eigenvalue weighted by atomic mass is 10.1. The van der Waals surface area contributed by atoms with Crippen LogP contribution >= 0.6 is 0 Å². The first-order chi connectivity index (χ1) is 14.3. The van der Waals surface area contributed by atoms with Gasteiger partial charge in [0.25, 0.3) is 0 Å². The Morgan fingerprint density at radius 3 is 3.00 bits per heavy atom. The van der Waals surface area contributed by atoms with Crippen LogP contribution in [0.2, 0.25) is 0 Å². The summed E-state index contributed by atoms with van der Waals surface area (Å²) in [6.07, 6.45) is 6.14. The number of nitrogens with zero attached hydrogens (tertiary/aromatic N) is 5. The predicted octanol–water partition coefficient (Wildman–Crippen LogP) is 1.33. The quantitative estimate of drug-likeness (QED) is 0.534. The van der Waals surface area contributed by atoms with Crippen LogP contribution in [0.25, 0.3) is 0 Å². The normalized spacial score (nSPS) is 21.2. The molecule has 2 aromatic rings. The second-order valence-corrected chi connectivity index (χ2v) is 7.67. The molecule has 0 aromatic carbocycles. The van der Waals surface area contributed by atoms with E-state index in [2.05, 4.69) is 36.7 Å².